The molecule has 0 aliphatic heterocycles. The molecular weight excluding hydrogens is 166 g/mol. The first-order valence-electron chi connectivity index (χ1n) is 4.64. The lowest BCUT2D eigenvalue weighted by Gasteiger charge is -2.36. The average molecular weight is 181 g/mol. The Labute approximate surface area is 77.6 Å². The molecule has 1 aliphatic rings. The topological polar surface area (TPSA) is 50.9 Å². The first-order chi connectivity index (χ1) is 6.06. The lowest BCUT2D eigenvalue weighted by Crippen LogP contribution is -2.43. The Bertz CT molecular complexity index is 294. The normalized spacial score (nSPS) is 32.2. The summed E-state index contributed by atoms with van der Waals surface area (Å²) in [7, 11) is 0. The molecule has 4 heteroatoms. The van der Waals surface area contributed by atoms with Crippen LogP contribution in [-0.2, 0) is 5.72 Å². The van der Waals surface area contributed by atoms with Gasteiger partial charge in [0.25, 0.3) is 0 Å². The van der Waals surface area contributed by atoms with Crippen LogP contribution in [0.4, 0.5) is 0 Å². The van der Waals surface area contributed by atoms with Crippen molar-refractivity contribution in [2.75, 3.05) is 0 Å². The van der Waals surface area contributed by atoms with Gasteiger partial charge in [0.2, 0.25) is 0 Å². The van der Waals surface area contributed by atoms with E-state index in [1.54, 1.807) is 11.0 Å². The summed E-state index contributed by atoms with van der Waals surface area (Å²) >= 11 is 0. The summed E-state index contributed by atoms with van der Waals surface area (Å²) < 4.78 is 1.58. The second-order valence-electron chi connectivity index (χ2n) is 4.39. The fourth-order valence-electron chi connectivity index (χ4n) is 2.14. The van der Waals surface area contributed by atoms with Crippen molar-refractivity contribution < 1.29 is 5.11 Å². The standard InChI is InChI=1S/C9H15N3O/c1-8(2)4-3-5-9(8,13)12-7-10-6-11-12/h6-7,13H,3-5H2,1-2H3. The lowest BCUT2D eigenvalue weighted by molar-refractivity contribution is -0.123. The third kappa shape index (κ3) is 1.09. The van der Waals surface area contributed by atoms with Crippen molar-refractivity contribution >= 4 is 0 Å². The van der Waals surface area contributed by atoms with Crippen LogP contribution in [0.3, 0.4) is 0 Å². The van der Waals surface area contributed by atoms with E-state index in [0.29, 0.717) is 0 Å². The predicted molar refractivity (Wildman–Crippen MR) is 47.8 cm³/mol. The van der Waals surface area contributed by atoms with Crippen molar-refractivity contribution in [3.8, 4) is 0 Å². The maximum absolute atomic E-state index is 10.4. The fraction of sp³-hybridized carbons (Fsp3) is 0.778. The van der Waals surface area contributed by atoms with E-state index in [9.17, 15) is 5.11 Å². The van der Waals surface area contributed by atoms with Gasteiger partial charge in [-0.15, -0.1) is 0 Å². The Morgan fingerprint density at radius 3 is 2.62 bits per heavy atom. The van der Waals surface area contributed by atoms with E-state index in [1.807, 2.05) is 0 Å². The van der Waals surface area contributed by atoms with E-state index in [-0.39, 0.29) is 5.41 Å². The molecule has 72 valence electrons. The second-order valence-corrected chi connectivity index (χ2v) is 4.39. The van der Waals surface area contributed by atoms with E-state index in [1.165, 1.54) is 6.33 Å². The summed E-state index contributed by atoms with van der Waals surface area (Å²) in [6.07, 6.45) is 5.90. The average Bonchev–Trinajstić information content (AvgIpc) is 2.61. The molecule has 1 aromatic heterocycles. The van der Waals surface area contributed by atoms with Crippen molar-refractivity contribution in [1.29, 1.82) is 0 Å². The van der Waals surface area contributed by atoms with Crippen LogP contribution >= 0.6 is 0 Å². The molecule has 0 aromatic carbocycles. The molecule has 0 radical (unpaired) electrons. The van der Waals surface area contributed by atoms with E-state index in [4.69, 9.17) is 0 Å². The number of hydrogen-bond donors (Lipinski definition) is 1. The molecular formula is C9H15N3O. The molecule has 13 heavy (non-hydrogen) atoms. The molecule has 0 amide bonds. The maximum Gasteiger partial charge on any atom is 0.164 e. The summed E-state index contributed by atoms with van der Waals surface area (Å²) in [5, 5.41) is 14.5. The van der Waals surface area contributed by atoms with Crippen LogP contribution in [0, 0.1) is 5.41 Å². The fourth-order valence-corrected chi connectivity index (χ4v) is 2.14. The minimum atomic E-state index is -0.844. The van der Waals surface area contributed by atoms with Gasteiger partial charge in [-0.1, -0.05) is 13.8 Å². The van der Waals surface area contributed by atoms with Crippen LogP contribution < -0.4 is 0 Å². The van der Waals surface area contributed by atoms with E-state index in [2.05, 4.69) is 23.9 Å². The highest BCUT2D eigenvalue weighted by Gasteiger charge is 2.49. The molecule has 4 nitrogen and oxygen atoms in total. The quantitative estimate of drug-likeness (QED) is 0.706. The smallest absolute Gasteiger partial charge is 0.164 e. The minimum Gasteiger partial charge on any atom is -0.369 e. The zero-order chi connectivity index (χ0) is 9.53. The van der Waals surface area contributed by atoms with Crippen molar-refractivity contribution in [3.05, 3.63) is 12.7 Å². The summed E-state index contributed by atoms with van der Waals surface area (Å²) in [4.78, 5) is 3.87. The van der Waals surface area contributed by atoms with E-state index < -0.39 is 5.72 Å². The van der Waals surface area contributed by atoms with Gasteiger partial charge < -0.3 is 5.11 Å². The first kappa shape index (κ1) is 8.69. The second kappa shape index (κ2) is 2.54. The Kier molecular flexibility index (Phi) is 1.70. The number of nitrogens with zero attached hydrogens (tertiary/aromatic N) is 3. The molecule has 1 heterocycles. The van der Waals surface area contributed by atoms with Crippen molar-refractivity contribution in [2.45, 2.75) is 38.8 Å². The molecule has 1 aromatic rings. The summed E-state index contributed by atoms with van der Waals surface area (Å²) in [6.45, 7) is 4.14. The molecule has 1 unspecified atom stereocenters. The van der Waals surface area contributed by atoms with Gasteiger partial charge in [0.1, 0.15) is 12.7 Å². The van der Waals surface area contributed by atoms with Gasteiger partial charge in [0.05, 0.1) is 0 Å². The SMILES string of the molecule is CC1(C)CCCC1(O)n1cncn1. The third-order valence-corrected chi connectivity index (χ3v) is 3.21. The van der Waals surface area contributed by atoms with Gasteiger partial charge in [0.15, 0.2) is 5.72 Å². The molecule has 2 rings (SSSR count). The first-order valence-corrected chi connectivity index (χ1v) is 4.64. The molecule has 1 N–H and O–H groups in total. The molecule has 0 bridgehead atoms. The Morgan fingerprint density at radius 2 is 2.15 bits per heavy atom. The predicted octanol–water partition coefficient (Wildman–Crippen LogP) is 1.13. The summed E-state index contributed by atoms with van der Waals surface area (Å²) in [5.74, 6) is 0. The van der Waals surface area contributed by atoms with Crippen LogP contribution in [-0.4, -0.2) is 19.9 Å². The van der Waals surface area contributed by atoms with Crippen molar-refractivity contribution in [3.63, 3.8) is 0 Å². The highest BCUT2D eigenvalue weighted by atomic mass is 16.3. The highest BCUT2D eigenvalue weighted by molar-refractivity contribution is 4.94. The minimum absolute atomic E-state index is 0.110. The zero-order valence-corrected chi connectivity index (χ0v) is 8.06. The molecule has 1 aliphatic carbocycles. The van der Waals surface area contributed by atoms with E-state index >= 15 is 0 Å². The van der Waals surface area contributed by atoms with Gasteiger partial charge >= 0.3 is 0 Å². The van der Waals surface area contributed by atoms with E-state index in [0.717, 1.165) is 19.3 Å². The molecule has 0 spiro atoms. The van der Waals surface area contributed by atoms with Crippen LogP contribution in [0.25, 0.3) is 0 Å². The van der Waals surface area contributed by atoms with Crippen LogP contribution in [0.5, 0.6) is 0 Å². The maximum atomic E-state index is 10.4. The molecule has 1 atom stereocenters. The lowest BCUT2D eigenvalue weighted by atomic mass is 9.84. The Hall–Kier alpha value is -0.900. The van der Waals surface area contributed by atoms with Gasteiger partial charge in [-0.05, 0) is 19.3 Å². The van der Waals surface area contributed by atoms with Gasteiger partial charge in [0, 0.05) is 5.41 Å². The van der Waals surface area contributed by atoms with Crippen molar-refractivity contribution in [1.82, 2.24) is 14.8 Å². The molecule has 0 saturated heterocycles. The number of aromatic nitrogens is 3. The van der Waals surface area contributed by atoms with Crippen LogP contribution in [0.15, 0.2) is 12.7 Å². The summed E-state index contributed by atoms with van der Waals surface area (Å²) in [5.41, 5.74) is -0.954. The largest absolute Gasteiger partial charge is 0.369 e. The summed E-state index contributed by atoms with van der Waals surface area (Å²) in [6, 6.07) is 0. The number of hydrogen-bond acceptors (Lipinski definition) is 3. The molecule has 1 saturated carbocycles. The number of aliphatic hydroxyl groups is 1. The third-order valence-electron chi connectivity index (χ3n) is 3.21. The zero-order valence-electron chi connectivity index (χ0n) is 8.06. The van der Waals surface area contributed by atoms with Crippen LogP contribution in [0.2, 0.25) is 0 Å². The Morgan fingerprint density at radius 1 is 1.38 bits per heavy atom. The Balaban J connectivity index is 2.40. The number of rotatable bonds is 1. The molecule has 1 fully saturated rings. The van der Waals surface area contributed by atoms with Gasteiger partial charge in [-0.2, -0.15) is 5.10 Å². The monoisotopic (exact) mass is 181 g/mol. The highest BCUT2D eigenvalue weighted by Crippen LogP contribution is 2.48. The van der Waals surface area contributed by atoms with Crippen molar-refractivity contribution in [2.24, 2.45) is 5.41 Å². The van der Waals surface area contributed by atoms with Crippen LogP contribution in [0.1, 0.15) is 33.1 Å². The van der Waals surface area contributed by atoms with Gasteiger partial charge in [-0.3, -0.25) is 0 Å². The van der Waals surface area contributed by atoms with Gasteiger partial charge in [-0.25, -0.2) is 9.67 Å².